The third kappa shape index (κ3) is 2.38. The van der Waals surface area contributed by atoms with Crippen LogP contribution in [0.15, 0.2) is 12.5 Å². The van der Waals surface area contributed by atoms with E-state index >= 15 is 0 Å². The van der Waals surface area contributed by atoms with E-state index in [1.54, 1.807) is 0 Å². The molecule has 4 heteroatoms. The fourth-order valence-electron chi connectivity index (χ4n) is 1.89. The highest BCUT2D eigenvalue weighted by Gasteiger charge is 2.25. The molecule has 1 unspecified atom stereocenters. The molecule has 2 rings (SSSR count). The largest absolute Gasteiger partial charge is 0.350 e. The van der Waals surface area contributed by atoms with Gasteiger partial charge in [0.2, 0.25) is 0 Å². The summed E-state index contributed by atoms with van der Waals surface area (Å²) in [4.78, 5) is 4.12. The first kappa shape index (κ1) is 10.6. The molecule has 0 bridgehead atoms. The van der Waals surface area contributed by atoms with E-state index in [4.69, 9.17) is 9.47 Å². The van der Waals surface area contributed by atoms with Crippen molar-refractivity contribution in [1.29, 1.82) is 0 Å². The lowest BCUT2D eigenvalue weighted by Gasteiger charge is -2.21. The van der Waals surface area contributed by atoms with Crippen LogP contribution < -0.4 is 0 Å². The summed E-state index contributed by atoms with van der Waals surface area (Å²) < 4.78 is 13.2. The van der Waals surface area contributed by atoms with E-state index in [1.165, 1.54) is 5.69 Å². The molecule has 1 aromatic rings. The second kappa shape index (κ2) is 4.77. The summed E-state index contributed by atoms with van der Waals surface area (Å²) in [5, 5.41) is 0. The maximum atomic E-state index is 5.54. The normalized spacial score (nSPS) is 19.6. The first-order valence-corrected chi connectivity index (χ1v) is 5.51. The van der Waals surface area contributed by atoms with Crippen molar-refractivity contribution in [3.63, 3.8) is 0 Å². The molecule has 1 saturated heterocycles. The van der Waals surface area contributed by atoms with Crippen LogP contribution in [0.5, 0.6) is 0 Å². The van der Waals surface area contributed by atoms with Crippen LogP contribution in [0.2, 0.25) is 0 Å². The van der Waals surface area contributed by atoms with Gasteiger partial charge in [-0.05, 0) is 13.3 Å². The number of imidazole rings is 1. The van der Waals surface area contributed by atoms with Gasteiger partial charge in [-0.25, -0.2) is 4.98 Å². The number of aryl methyl sites for hydroxylation is 1. The minimum atomic E-state index is -0.0307. The maximum absolute atomic E-state index is 5.54. The van der Waals surface area contributed by atoms with Gasteiger partial charge in [-0.1, -0.05) is 6.92 Å². The van der Waals surface area contributed by atoms with Gasteiger partial charge in [-0.2, -0.15) is 0 Å². The number of hydrogen-bond acceptors (Lipinski definition) is 3. The Labute approximate surface area is 90.2 Å². The van der Waals surface area contributed by atoms with Crippen molar-refractivity contribution in [1.82, 2.24) is 9.55 Å². The van der Waals surface area contributed by atoms with Crippen LogP contribution in [0.4, 0.5) is 0 Å². The quantitative estimate of drug-likeness (QED) is 0.757. The summed E-state index contributed by atoms with van der Waals surface area (Å²) >= 11 is 0. The van der Waals surface area contributed by atoms with Crippen LogP contribution in [0.3, 0.4) is 0 Å². The molecule has 1 fully saturated rings. The van der Waals surface area contributed by atoms with Crippen molar-refractivity contribution in [2.24, 2.45) is 5.92 Å². The highest BCUT2D eigenvalue weighted by molar-refractivity contribution is 4.94. The van der Waals surface area contributed by atoms with Gasteiger partial charge in [0.05, 0.1) is 19.5 Å². The molecule has 84 valence electrons. The first-order chi connectivity index (χ1) is 7.31. The summed E-state index contributed by atoms with van der Waals surface area (Å²) in [6, 6.07) is 0. The highest BCUT2D eigenvalue weighted by Crippen LogP contribution is 2.20. The molecular formula is C11H18N2O2. The molecular weight excluding hydrogens is 192 g/mol. The van der Waals surface area contributed by atoms with Gasteiger partial charge in [0, 0.05) is 24.4 Å². The number of rotatable bonds is 4. The molecule has 1 aliphatic rings. The number of aromatic nitrogens is 2. The van der Waals surface area contributed by atoms with Crippen LogP contribution in [0.1, 0.15) is 19.0 Å². The molecule has 15 heavy (non-hydrogen) atoms. The molecule has 0 saturated carbocycles. The minimum Gasteiger partial charge on any atom is -0.350 e. The molecule has 1 aromatic heterocycles. The average molecular weight is 210 g/mol. The van der Waals surface area contributed by atoms with Crippen LogP contribution in [0.25, 0.3) is 0 Å². The highest BCUT2D eigenvalue weighted by atomic mass is 16.7. The van der Waals surface area contributed by atoms with E-state index in [-0.39, 0.29) is 6.29 Å². The van der Waals surface area contributed by atoms with Crippen molar-refractivity contribution in [3.05, 3.63) is 18.2 Å². The molecule has 2 heterocycles. The summed E-state index contributed by atoms with van der Waals surface area (Å²) in [6.45, 7) is 6.61. The molecule has 0 N–H and O–H groups in total. The van der Waals surface area contributed by atoms with Gasteiger partial charge in [0.15, 0.2) is 6.29 Å². The summed E-state index contributed by atoms with van der Waals surface area (Å²) in [7, 11) is 0. The fourth-order valence-corrected chi connectivity index (χ4v) is 1.89. The number of ether oxygens (including phenoxy) is 2. The predicted octanol–water partition coefficient (Wildman–Crippen LogP) is 1.59. The van der Waals surface area contributed by atoms with Gasteiger partial charge in [-0.15, -0.1) is 0 Å². The minimum absolute atomic E-state index is 0.0307. The van der Waals surface area contributed by atoms with Gasteiger partial charge in [-0.3, -0.25) is 0 Å². The summed E-state index contributed by atoms with van der Waals surface area (Å²) in [5.41, 5.74) is 1.19. The Bertz CT molecular complexity index is 305. The van der Waals surface area contributed by atoms with Crippen molar-refractivity contribution < 1.29 is 9.47 Å². The topological polar surface area (TPSA) is 36.3 Å². The number of nitrogens with zero attached hydrogens (tertiary/aromatic N) is 2. The van der Waals surface area contributed by atoms with Crippen molar-refractivity contribution in [3.8, 4) is 0 Å². The second-order valence-electron chi connectivity index (χ2n) is 3.97. The van der Waals surface area contributed by atoms with Crippen LogP contribution in [-0.4, -0.2) is 29.1 Å². The van der Waals surface area contributed by atoms with Gasteiger partial charge < -0.3 is 14.0 Å². The van der Waals surface area contributed by atoms with E-state index in [0.29, 0.717) is 5.92 Å². The molecule has 0 amide bonds. The lowest BCUT2D eigenvalue weighted by Crippen LogP contribution is -2.25. The zero-order valence-corrected chi connectivity index (χ0v) is 9.35. The molecule has 0 spiro atoms. The lowest BCUT2D eigenvalue weighted by molar-refractivity contribution is -0.0885. The Morgan fingerprint density at radius 2 is 2.27 bits per heavy atom. The van der Waals surface area contributed by atoms with Crippen molar-refractivity contribution in [2.75, 3.05) is 13.2 Å². The zero-order valence-electron chi connectivity index (χ0n) is 9.35. The predicted molar refractivity (Wildman–Crippen MR) is 56.4 cm³/mol. The molecule has 0 aromatic carbocycles. The van der Waals surface area contributed by atoms with E-state index < -0.39 is 0 Å². The molecule has 1 atom stereocenters. The fraction of sp³-hybridized carbons (Fsp3) is 0.727. The van der Waals surface area contributed by atoms with Gasteiger partial charge in [0.1, 0.15) is 0 Å². The van der Waals surface area contributed by atoms with Gasteiger partial charge in [0.25, 0.3) is 0 Å². The Balaban J connectivity index is 1.98. The van der Waals surface area contributed by atoms with Crippen LogP contribution in [-0.2, 0) is 16.0 Å². The summed E-state index contributed by atoms with van der Waals surface area (Å²) in [6.07, 6.45) is 4.77. The van der Waals surface area contributed by atoms with E-state index in [1.807, 2.05) is 12.5 Å². The third-order valence-corrected chi connectivity index (χ3v) is 2.91. The van der Waals surface area contributed by atoms with E-state index in [9.17, 15) is 0 Å². The Morgan fingerprint density at radius 3 is 2.80 bits per heavy atom. The van der Waals surface area contributed by atoms with Crippen LogP contribution >= 0.6 is 0 Å². The van der Waals surface area contributed by atoms with Crippen molar-refractivity contribution >= 4 is 0 Å². The monoisotopic (exact) mass is 210 g/mol. The van der Waals surface area contributed by atoms with Crippen LogP contribution in [0, 0.1) is 12.8 Å². The molecule has 0 aliphatic carbocycles. The second-order valence-corrected chi connectivity index (χ2v) is 3.97. The first-order valence-electron chi connectivity index (χ1n) is 5.51. The van der Waals surface area contributed by atoms with E-state index in [0.717, 1.165) is 26.2 Å². The SMILES string of the molecule is CCC(Cn1cncc1C)C1OCCO1. The zero-order chi connectivity index (χ0) is 10.7. The van der Waals surface area contributed by atoms with E-state index in [2.05, 4.69) is 23.4 Å². The van der Waals surface area contributed by atoms with Gasteiger partial charge >= 0.3 is 0 Å². The maximum Gasteiger partial charge on any atom is 0.162 e. The molecule has 1 aliphatic heterocycles. The Kier molecular flexibility index (Phi) is 3.38. The Hall–Kier alpha value is -0.870. The Morgan fingerprint density at radius 1 is 1.53 bits per heavy atom. The third-order valence-electron chi connectivity index (χ3n) is 2.91. The summed E-state index contributed by atoms with van der Waals surface area (Å²) in [5.74, 6) is 0.417. The van der Waals surface area contributed by atoms with Crippen molar-refractivity contribution in [2.45, 2.75) is 33.1 Å². The lowest BCUT2D eigenvalue weighted by atomic mass is 10.1. The standard InChI is InChI=1S/C11H18N2O2/c1-3-10(11-14-4-5-15-11)7-13-8-12-6-9(13)2/h6,8,10-11H,3-5,7H2,1-2H3. The molecule has 0 radical (unpaired) electrons. The average Bonchev–Trinajstić information content (AvgIpc) is 2.86. The molecule has 4 nitrogen and oxygen atoms in total. The number of hydrogen-bond donors (Lipinski definition) is 0. The smallest absolute Gasteiger partial charge is 0.162 e.